The molecule has 0 unspecified atom stereocenters. The Kier molecular flexibility index (Phi) is 6.50. The van der Waals surface area contributed by atoms with Gasteiger partial charge in [-0.1, -0.05) is 30.3 Å². The van der Waals surface area contributed by atoms with Gasteiger partial charge in [0.2, 0.25) is 0 Å². The van der Waals surface area contributed by atoms with Crippen molar-refractivity contribution >= 4 is 34.0 Å². The van der Waals surface area contributed by atoms with E-state index in [-0.39, 0.29) is 17.1 Å². The highest BCUT2D eigenvalue weighted by Gasteiger charge is 2.24. The number of carbonyl (C=O) groups excluding carboxylic acids is 1. The normalized spacial score (nSPS) is 14.1. The van der Waals surface area contributed by atoms with Gasteiger partial charge >= 0.3 is 0 Å². The molecule has 0 radical (unpaired) electrons. The summed E-state index contributed by atoms with van der Waals surface area (Å²) in [6, 6.07) is 19.9. The number of nitrogens with one attached hydrogen (secondary N) is 2. The van der Waals surface area contributed by atoms with E-state index >= 15 is 0 Å². The summed E-state index contributed by atoms with van der Waals surface area (Å²) in [4.78, 5) is 28.7. The molecule has 36 heavy (non-hydrogen) atoms. The molecule has 10 heteroatoms. The molecule has 1 amide bonds. The van der Waals surface area contributed by atoms with Crippen molar-refractivity contribution in [1.29, 1.82) is 0 Å². The molecule has 0 bridgehead atoms. The maximum atomic E-state index is 13.1. The van der Waals surface area contributed by atoms with Crippen molar-refractivity contribution in [1.82, 2.24) is 15.1 Å². The zero-order valence-corrected chi connectivity index (χ0v) is 19.8. The topological polar surface area (TPSA) is 117 Å². The number of anilines is 2. The van der Waals surface area contributed by atoms with E-state index in [2.05, 4.69) is 25.3 Å². The van der Waals surface area contributed by atoms with Gasteiger partial charge in [-0.25, -0.2) is 0 Å². The molecule has 1 aromatic heterocycles. The van der Waals surface area contributed by atoms with Crippen LogP contribution in [0.3, 0.4) is 0 Å². The lowest BCUT2D eigenvalue weighted by atomic mass is 10.1. The number of fused-ring (bicyclic) bond motifs is 1. The summed E-state index contributed by atoms with van der Waals surface area (Å²) in [5.41, 5.74) is 2.21. The first-order chi connectivity index (χ1) is 17.5. The Morgan fingerprint density at radius 1 is 1.08 bits per heavy atom. The summed E-state index contributed by atoms with van der Waals surface area (Å²) in [6.07, 6.45) is 0. The monoisotopic (exact) mass is 486 g/mol. The van der Waals surface area contributed by atoms with Crippen molar-refractivity contribution in [2.45, 2.75) is 6.61 Å². The van der Waals surface area contributed by atoms with Crippen LogP contribution in [0.4, 0.5) is 17.2 Å². The molecule has 1 aliphatic rings. The molecule has 0 aliphatic carbocycles. The number of ether oxygens (including phenoxy) is 1. The van der Waals surface area contributed by atoms with E-state index in [0.29, 0.717) is 23.3 Å². The van der Waals surface area contributed by atoms with Crippen molar-refractivity contribution in [3.8, 4) is 5.75 Å². The van der Waals surface area contributed by atoms with E-state index in [1.54, 1.807) is 12.1 Å². The average molecular weight is 487 g/mol. The quantitative estimate of drug-likeness (QED) is 0.299. The molecule has 3 aromatic carbocycles. The van der Waals surface area contributed by atoms with Crippen LogP contribution >= 0.6 is 0 Å². The number of H-pyrrole nitrogens is 1. The summed E-state index contributed by atoms with van der Waals surface area (Å²) >= 11 is 0. The Hall–Kier alpha value is -4.44. The minimum atomic E-state index is -0.601. The highest BCUT2D eigenvalue weighted by atomic mass is 16.6. The number of rotatable bonds is 7. The van der Waals surface area contributed by atoms with Gasteiger partial charge in [0.05, 0.1) is 10.4 Å². The van der Waals surface area contributed by atoms with Crippen LogP contribution in [0.5, 0.6) is 5.75 Å². The molecule has 2 N–H and O–H groups in total. The standard InChI is InChI=1S/C26H26N6O4/c1-30-11-13-31(14-12-30)19-7-9-21(24(15-19)32(34)35)26(33)27-25-22-16-20(8-10-23(22)28-29-25)36-17-18-5-3-2-4-6-18/h2-10,15-16H,11-14,17H2,1H3,(H2,27,28,29,33). The Bertz CT molecular complexity index is 1400. The maximum Gasteiger partial charge on any atom is 0.284 e. The number of hydrogen-bond donors (Lipinski definition) is 2. The Morgan fingerprint density at radius 2 is 1.86 bits per heavy atom. The SMILES string of the molecule is CN1CCN(c2ccc(C(=O)Nc3n[nH]c4ccc(OCc5ccccc5)cc34)c([N+](=O)[O-])c2)CC1. The van der Waals surface area contributed by atoms with E-state index < -0.39 is 10.8 Å². The lowest BCUT2D eigenvalue weighted by Crippen LogP contribution is -2.44. The van der Waals surface area contributed by atoms with Crippen molar-refractivity contribution in [2.75, 3.05) is 43.4 Å². The van der Waals surface area contributed by atoms with Crippen LogP contribution in [-0.4, -0.2) is 59.2 Å². The number of likely N-dealkylation sites (N-methyl/N-ethyl adjacent to an activating group) is 1. The third-order valence-electron chi connectivity index (χ3n) is 6.31. The number of nitro groups is 1. The number of carbonyl (C=O) groups is 1. The molecular weight excluding hydrogens is 460 g/mol. The molecule has 2 heterocycles. The van der Waals surface area contributed by atoms with Crippen LogP contribution in [0.2, 0.25) is 0 Å². The minimum absolute atomic E-state index is 0.0227. The third kappa shape index (κ3) is 4.98. The third-order valence-corrected chi connectivity index (χ3v) is 6.31. The van der Waals surface area contributed by atoms with Crippen molar-refractivity contribution < 1.29 is 14.5 Å². The van der Waals surface area contributed by atoms with Gasteiger partial charge in [-0.3, -0.25) is 20.0 Å². The summed E-state index contributed by atoms with van der Waals surface area (Å²) in [7, 11) is 2.05. The van der Waals surface area contributed by atoms with E-state index in [4.69, 9.17) is 4.74 Å². The number of piperazine rings is 1. The van der Waals surface area contributed by atoms with Gasteiger partial charge in [0.15, 0.2) is 5.82 Å². The van der Waals surface area contributed by atoms with Gasteiger partial charge in [-0.15, -0.1) is 0 Å². The van der Waals surface area contributed by atoms with Crippen LogP contribution in [0.25, 0.3) is 10.9 Å². The minimum Gasteiger partial charge on any atom is -0.489 e. The number of nitro benzene ring substituents is 1. The molecule has 10 nitrogen and oxygen atoms in total. The number of amides is 1. The smallest absolute Gasteiger partial charge is 0.284 e. The fourth-order valence-corrected chi connectivity index (χ4v) is 4.22. The highest BCUT2D eigenvalue weighted by Crippen LogP contribution is 2.29. The summed E-state index contributed by atoms with van der Waals surface area (Å²) in [5, 5.41) is 22.3. The van der Waals surface area contributed by atoms with E-state index in [9.17, 15) is 14.9 Å². The number of nitrogens with zero attached hydrogens (tertiary/aromatic N) is 4. The zero-order chi connectivity index (χ0) is 25.1. The molecule has 1 saturated heterocycles. The Balaban J connectivity index is 1.35. The molecule has 5 rings (SSSR count). The second-order valence-electron chi connectivity index (χ2n) is 8.76. The van der Waals surface area contributed by atoms with E-state index in [1.807, 2.05) is 49.5 Å². The molecule has 4 aromatic rings. The Labute approximate surface area is 207 Å². The largest absolute Gasteiger partial charge is 0.489 e. The summed E-state index contributed by atoms with van der Waals surface area (Å²) < 4.78 is 5.89. The van der Waals surface area contributed by atoms with Gasteiger partial charge < -0.3 is 19.9 Å². The average Bonchev–Trinajstić information content (AvgIpc) is 3.30. The molecule has 184 valence electrons. The van der Waals surface area contributed by atoms with Crippen LogP contribution in [0.15, 0.2) is 66.7 Å². The number of hydrogen-bond acceptors (Lipinski definition) is 7. The van der Waals surface area contributed by atoms with Crippen molar-refractivity contribution in [2.24, 2.45) is 0 Å². The maximum absolute atomic E-state index is 13.1. The van der Waals surface area contributed by atoms with Crippen molar-refractivity contribution in [3.05, 3.63) is 88.0 Å². The molecule has 1 aliphatic heterocycles. The lowest BCUT2D eigenvalue weighted by molar-refractivity contribution is -0.385. The predicted molar refractivity (Wildman–Crippen MR) is 138 cm³/mol. The summed E-state index contributed by atoms with van der Waals surface area (Å²) in [5.74, 6) is 0.291. The number of aromatic amines is 1. The van der Waals surface area contributed by atoms with Crippen LogP contribution < -0.4 is 15.0 Å². The molecule has 0 saturated carbocycles. The van der Waals surface area contributed by atoms with Gasteiger partial charge in [0.25, 0.3) is 11.6 Å². The van der Waals surface area contributed by atoms with Gasteiger partial charge in [-0.2, -0.15) is 5.10 Å². The van der Waals surface area contributed by atoms with E-state index in [0.717, 1.165) is 37.4 Å². The summed E-state index contributed by atoms with van der Waals surface area (Å²) in [6.45, 7) is 3.69. The van der Waals surface area contributed by atoms with Crippen LogP contribution in [0, 0.1) is 10.1 Å². The molecule has 0 atom stereocenters. The highest BCUT2D eigenvalue weighted by molar-refractivity contribution is 6.10. The van der Waals surface area contributed by atoms with Gasteiger partial charge in [-0.05, 0) is 42.9 Å². The second-order valence-corrected chi connectivity index (χ2v) is 8.76. The zero-order valence-electron chi connectivity index (χ0n) is 19.8. The second kappa shape index (κ2) is 10.0. The fraction of sp³-hybridized carbons (Fsp3) is 0.231. The first kappa shape index (κ1) is 23.3. The lowest BCUT2D eigenvalue weighted by Gasteiger charge is -2.34. The molecule has 0 spiro atoms. The van der Waals surface area contributed by atoms with Crippen LogP contribution in [0.1, 0.15) is 15.9 Å². The van der Waals surface area contributed by atoms with Gasteiger partial charge in [0, 0.05) is 43.3 Å². The predicted octanol–water partition coefficient (Wildman–Crippen LogP) is 4.05. The molecule has 1 fully saturated rings. The van der Waals surface area contributed by atoms with Gasteiger partial charge in [0.1, 0.15) is 17.9 Å². The number of aromatic nitrogens is 2. The van der Waals surface area contributed by atoms with E-state index in [1.165, 1.54) is 12.1 Å². The fourth-order valence-electron chi connectivity index (χ4n) is 4.22. The van der Waals surface area contributed by atoms with Crippen molar-refractivity contribution in [3.63, 3.8) is 0 Å². The first-order valence-electron chi connectivity index (χ1n) is 11.7. The van der Waals surface area contributed by atoms with Crippen LogP contribution in [-0.2, 0) is 6.61 Å². The first-order valence-corrected chi connectivity index (χ1v) is 11.7. The number of benzene rings is 3. The molecular formula is C26H26N6O4. The Morgan fingerprint density at radius 3 is 2.61 bits per heavy atom.